The molecule has 180 valence electrons. The number of fused-ring (bicyclic) bond motifs is 1. The Labute approximate surface area is 210 Å². The summed E-state index contributed by atoms with van der Waals surface area (Å²) in [5.41, 5.74) is 1.88. The monoisotopic (exact) mass is 527 g/mol. The Hall–Kier alpha value is -1.65. The van der Waals surface area contributed by atoms with Crippen molar-refractivity contribution in [2.75, 3.05) is 43.1 Å². The van der Waals surface area contributed by atoms with Gasteiger partial charge in [0.1, 0.15) is 0 Å². The van der Waals surface area contributed by atoms with Crippen LogP contribution in [-0.4, -0.2) is 62.4 Å². The first-order chi connectivity index (χ1) is 15.2. The largest absolute Gasteiger partial charge is 0.302 e. The molecule has 33 heavy (non-hydrogen) atoms. The highest BCUT2D eigenvalue weighted by atomic mass is 35.5. The van der Waals surface area contributed by atoms with Crippen molar-refractivity contribution < 1.29 is 13.2 Å². The van der Waals surface area contributed by atoms with Gasteiger partial charge in [0.25, 0.3) is 0 Å². The van der Waals surface area contributed by atoms with Crippen LogP contribution in [0.5, 0.6) is 0 Å². The third-order valence-electron chi connectivity index (χ3n) is 5.23. The van der Waals surface area contributed by atoms with Crippen LogP contribution in [0.15, 0.2) is 52.3 Å². The number of anilines is 1. The molecular weight excluding hydrogens is 498 g/mol. The van der Waals surface area contributed by atoms with Gasteiger partial charge in [-0.15, -0.1) is 24.2 Å². The number of likely N-dealkylation sites (N-methyl/N-ethyl adjacent to an activating group) is 1. The molecule has 1 heterocycles. The lowest BCUT2D eigenvalue weighted by molar-refractivity contribution is -0.116. The van der Waals surface area contributed by atoms with Crippen LogP contribution in [0, 0.1) is 6.92 Å². The van der Waals surface area contributed by atoms with Crippen molar-refractivity contribution >= 4 is 66.6 Å². The van der Waals surface area contributed by atoms with E-state index in [1.807, 2.05) is 31.2 Å². The second-order valence-electron chi connectivity index (χ2n) is 7.57. The van der Waals surface area contributed by atoms with Gasteiger partial charge in [-0.25, -0.2) is 13.4 Å². The molecule has 0 radical (unpaired) electrons. The van der Waals surface area contributed by atoms with E-state index in [-0.39, 0.29) is 23.2 Å². The number of nitrogens with zero attached hydrogens (tertiary/aromatic N) is 3. The van der Waals surface area contributed by atoms with Gasteiger partial charge in [-0.05, 0) is 50.3 Å². The molecule has 0 fully saturated rings. The number of halogens is 1. The summed E-state index contributed by atoms with van der Waals surface area (Å²) in [6.45, 7) is 9.35. The van der Waals surface area contributed by atoms with E-state index in [2.05, 4.69) is 23.7 Å². The number of carbonyl (C=O) groups is 1. The maximum absolute atomic E-state index is 13.2. The van der Waals surface area contributed by atoms with Crippen molar-refractivity contribution in [3.63, 3.8) is 0 Å². The Morgan fingerprint density at radius 1 is 1.06 bits per heavy atom. The quantitative estimate of drug-likeness (QED) is 0.349. The first kappa shape index (κ1) is 27.6. The number of aromatic nitrogens is 1. The molecular formula is C23H30ClN3O3S3. The van der Waals surface area contributed by atoms with Crippen LogP contribution in [0.25, 0.3) is 10.2 Å². The number of hydrogen-bond donors (Lipinski definition) is 0. The van der Waals surface area contributed by atoms with E-state index < -0.39 is 9.84 Å². The molecule has 0 aliphatic carbocycles. The molecule has 0 bridgehead atoms. The van der Waals surface area contributed by atoms with Crippen LogP contribution in [0.2, 0.25) is 0 Å². The van der Waals surface area contributed by atoms with Crippen LogP contribution in [0.3, 0.4) is 0 Å². The van der Waals surface area contributed by atoms with Crippen molar-refractivity contribution in [3.05, 3.63) is 48.0 Å². The fraction of sp³-hybridized carbons (Fsp3) is 0.391. The van der Waals surface area contributed by atoms with Crippen LogP contribution in [-0.2, 0) is 14.6 Å². The summed E-state index contributed by atoms with van der Waals surface area (Å²) in [6.07, 6.45) is 1.19. The molecule has 0 N–H and O–H groups in total. The Balaban J connectivity index is 0.00000385. The van der Waals surface area contributed by atoms with Gasteiger partial charge in [-0.3, -0.25) is 9.69 Å². The maximum atomic E-state index is 13.2. The first-order valence-corrected chi connectivity index (χ1v) is 14.2. The molecule has 2 aromatic carbocycles. The van der Waals surface area contributed by atoms with E-state index in [9.17, 15) is 13.2 Å². The normalized spacial score (nSPS) is 11.5. The van der Waals surface area contributed by atoms with E-state index in [4.69, 9.17) is 0 Å². The number of hydrogen-bond acceptors (Lipinski definition) is 7. The number of thioether (sulfide) groups is 1. The van der Waals surface area contributed by atoms with Gasteiger partial charge >= 0.3 is 0 Å². The molecule has 0 spiro atoms. The minimum absolute atomic E-state index is 0. The van der Waals surface area contributed by atoms with Crippen LogP contribution >= 0.6 is 35.5 Å². The van der Waals surface area contributed by atoms with E-state index in [0.717, 1.165) is 29.2 Å². The summed E-state index contributed by atoms with van der Waals surface area (Å²) in [6, 6.07) is 13.0. The molecule has 0 saturated carbocycles. The maximum Gasteiger partial charge on any atom is 0.239 e. The Morgan fingerprint density at radius 2 is 1.73 bits per heavy atom. The van der Waals surface area contributed by atoms with Gasteiger partial charge in [-0.2, -0.15) is 0 Å². The number of rotatable bonds is 10. The smallest absolute Gasteiger partial charge is 0.239 e. The summed E-state index contributed by atoms with van der Waals surface area (Å²) in [7, 11) is -3.30. The van der Waals surface area contributed by atoms with Crippen molar-refractivity contribution in [2.45, 2.75) is 30.6 Å². The van der Waals surface area contributed by atoms with Crippen molar-refractivity contribution in [2.24, 2.45) is 0 Å². The number of sulfone groups is 1. The number of benzene rings is 2. The van der Waals surface area contributed by atoms with Crippen molar-refractivity contribution in [3.8, 4) is 0 Å². The highest BCUT2D eigenvalue weighted by Gasteiger charge is 2.21. The molecule has 0 aliphatic heterocycles. The van der Waals surface area contributed by atoms with Gasteiger partial charge in [0, 0.05) is 24.2 Å². The summed E-state index contributed by atoms with van der Waals surface area (Å²) < 4.78 is 24.6. The minimum Gasteiger partial charge on any atom is -0.302 e. The lowest BCUT2D eigenvalue weighted by atomic mass is 10.2. The zero-order chi connectivity index (χ0) is 23.3. The van der Waals surface area contributed by atoms with Crippen molar-refractivity contribution in [1.29, 1.82) is 0 Å². The minimum atomic E-state index is -3.30. The van der Waals surface area contributed by atoms with Crippen LogP contribution in [0.4, 0.5) is 5.13 Å². The topological polar surface area (TPSA) is 70.6 Å². The van der Waals surface area contributed by atoms with Gasteiger partial charge < -0.3 is 4.90 Å². The molecule has 0 atom stereocenters. The molecule has 10 heteroatoms. The van der Waals surface area contributed by atoms with E-state index in [1.165, 1.54) is 34.9 Å². The second kappa shape index (κ2) is 12.2. The summed E-state index contributed by atoms with van der Waals surface area (Å²) >= 11 is 2.87. The molecule has 3 rings (SSSR count). The number of aryl methyl sites for hydroxylation is 1. The zero-order valence-electron chi connectivity index (χ0n) is 19.3. The van der Waals surface area contributed by atoms with Crippen LogP contribution in [0.1, 0.15) is 19.4 Å². The molecule has 1 amide bonds. The summed E-state index contributed by atoms with van der Waals surface area (Å²) in [4.78, 5) is 23.2. The number of amides is 1. The van der Waals surface area contributed by atoms with E-state index >= 15 is 0 Å². The summed E-state index contributed by atoms with van der Waals surface area (Å²) in [5, 5.41) is 0.604. The standard InChI is InChI=1S/C23H29N3O3S3.ClH/c1-5-25(6-2)13-14-26(22(27)16-30-18-9-7-17(3)8-10-18)23-24-20-12-11-19(32(4,28)29)15-21(20)31-23;/h7-12,15H,5-6,13-14,16H2,1-4H3;1H. The first-order valence-electron chi connectivity index (χ1n) is 10.5. The SMILES string of the molecule is CCN(CC)CCN(C(=O)CSc1ccc(C)cc1)c1nc2ccc(S(C)(=O)=O)cc2s1.Cl. The van der Waals surface area contributed by atoms with Crippen LogP contribution < -0.4 is 4.90 Å². The Morgan fingerprint density at radius 3 is 2.33 bits per heavy atom. The highest BCUT2D eigenvalue weighted by molar-refractivity contribution is 8.00. The number of thiazole rings is 1. The van der Waals surface area contributed by atoms with E-state index in [1.54, 1.807) is 23.1 Å². The van der Waals surface area contributed by atoms with Crippen molar-refractivity contribution in [1.82, 2.24) is 9.88 Å². The highest BCUT2D eigenvalue weighted by Crippen LogP contribution is 2.31. The zero-order valence-corrected chi connectivity index (χ0v) is 22.5. The number of carbonyl (C=O) groups excluding carboxylic acids is 1. The average Bonchev–Trinajstić information content (AvgIpc) is 3.18. The predicted octanol–water partition coefficient (Wildman–Crippen LogP) is 4.90. The van der Waals surface area contributed by atoms with Gasteiger partial charge in [0.2, 0.25) is 5.91 Å². The predicted molar refractivity (Wildman–Crippen MR) is 142 cm³/mol. The fourth-order valence-corrected chi connectivity index (χ4v) is 5.75. The lowest BCUT2D eigenvalue weighted by Crippen LogP contribution is -2.39. The Bertz CT molecular complexity index is 1180. The molecule has 0 unspecified atom stereocenters. The molecule has 0 saturated heterocycles. The molecule has 3 aromatic rings. The molecule has 6 nitrogen and oxygen atoms in total. The molecule has 1 aromatic heterocycles. The average molecular weight is 528 g/mol. The second-order valence-corrected chi connectivity index (χ2v) is 11.6. The van der Waals surface area contributed by atoms with E-state index in [0.29, 0.717) is 22.9 Å². The molecule has 0 aliphatic rings. The van der Waals surface area contributed by atoms with Gasteiger partial charge in [0.05, 0.1) is 20.9 Å². The van der Waals surface area contributed by atoms with Gasteiger partial charge in [0.15, 0.2) is 15.0 Å². The van der Waals surface area contributed by atoms with Gasteiger partial charge in [-0.1, -0.05) is 42.9 Å². The fourth-order valence-electron chi connectivity index (χ4n) is 3.20. The lowest BCUT2D eigenvalue weighted by Gasteiger charge is -2.24. The Kier molecular flexibility index (Phi) is 10.2. The third kappa shape index (κ3) is 7.42. The third-order valence-corrected chi connectivity index (χ3v) is 8.37. The summed E-state index contributed by atoms with van der Waals surface area (Å²) in [5.74, 6) is 0.302.